The third-order valence-electron chi connectivity index (χ3n) is 3.81. The fourth-order valence-corrected chi connectivity index (χ4v) is 3.67. The molecule has 0 saturated heterocycles. The van der Waals surface area contributed by atoms with Gasteiger partial charge in [-0.25, -0.2) is 9.48 Å². The highest BCUT2D eigenvalue weighted by atomic mass is 32.1. The summed E-state index contributed by atoms with van der Waals surface area (Å²) < 4.78 is 1.66. The normalized spacial score (nSPS) is 10.7. The molecule has 0 radical (unpaired) electrons. The maximum Gasteiger partial charge on any atom is 0.346 e. The molecule has 0 fully saturated rings. The first kappa shape index (κ1) is 15.3. The predicted molar refractivity (Wildman–Crippen MR) is 97.1 cm³/mol. The van der Waals surface area contributed by atoms with Gasteiger partial charge in [-0.1, -0.05) is 53.7 Å². The Kier molecular flexibility index (Phi) is 3.87. The fraction of sp³-hybridized carbons (Fsp3) is 0. The van der Waals surface area contributed by atoms with Crippen molar-refractivity contribution in [3.63, 3.8) is 0 Å². The van der Waals surface area contributed by atoms with E-state index >= 15 is 0 Å². The van der Waals surface area contributed by atoms with Crippen molar-refractivity contribution in [2.24, 2.45) is 0 Å². The van der Waals surface area contributed by atoms with Crippen molar-refractivity contribution in [3.8, 4) is 27.4 Å². The lowest BCUT2D eigenvalue weighted by molar-refractivity contribution is 0.0703. The van der Waals surface area contributed by atoms with Crippen LogP contribution in [0.15, 0.2) is 72.9 Å². The van der Waals surface area contributed by atoms with Crippen LogP contribution in [0, 0.1) is 0 Å². The summed E-state index contributed by atoms with van der Waals surface area (Å²) in [6.07, 6.45) is 1.59. The summed E-state index contributed by atoms with van der Waals surface area (Å²) in [5.41, 5.74) is 3.09. The van der Waals surface area contributed by atoms with E-state index in [0.29, 0.717) is 11.3 Å². The molecule has 5 nitrogen and oxygen atoms in total. The molecular weight excluding hydrogens is 334 g/mol. The Morgan fingerprint density at radius 3 is 2.36 bits per heavy atom. The van der Waals surface area contributed by atoms with Crippen molar-refractivity contribution in [2.45, 2.75) is 0 Å². The van der Waals surface area contributed by atoms with Gasteiger partial charge in [-0.2, -0.15) is 0 Å². The topological polar surface area (TPSA) is 68.0 Å². The van der Waals surface area contributed by atoms with E-state index in [9.17, 15) is 9.90 Å². The second-order valence-electron chi connectivity index (χ2n) is 5.39. The average Bonchev–Trinajstić information content (AvgIpc) is 3.30. The zero-order valence-corrected chi connectivity index (χ0v) is 13.9. The van der Waals surface area contributed by atoms with Gasteiger partial charge in [0.1, 0.15) is 4.88 Å². The number of para-hydroxylation sites is 1. The summed E-state index contributed by atoms with van der Waals surface area (Å²) >= 11 is 1.25. The minimum atomic E-state index is -0.956. The van der Waals surface area contributed by atoms with Gasteiger partial charge < -0.3 is 5.11 Å². The monoisotopic (exact) mass is 347 g/mol. The Hall–Kier alpha value is -3.25. The second kappa shape index (κ2) is 6.33. The molecule has 0 amide bonds. The van der Waals surface area contributed by atoms with Crippen molar-refractivity contribution in [3.05, 3.63) is 77.8 Å². The third kappa shape index (κ3) is 2.83. The maximum atomic E-state index is 11.8. The van der Waals surface area contributed by atoms with Crippen LogP contribution in [0.3, 0.4) is 0 Å². The highest BCUT2D eigenvalue weighted by Gasteiger charge is 2.21. The Bertz CT molecular complexity index is 1020. The third-order valence-corrected chi connectivity index (χ3v) is 4.98. The van der Waals surface area contributed by atoms with E-state index in [1.165, 1.54) is 11.3 Å². The summed E-state index contributed by atoms with van der Waals surface area (Å²) in [4.78, 5) is 12.9. The van der Waals surface area contributed by atoms with Gasteiger partial charge >= 0.3 is 5.97 Å². The number of carboxylic acids is 1. The Balaban J connectivity index is 1.88. The van der Waals surface area contributed by atoms with Crippen LogP contribution in [-0.2, 0) is 0 Å². The lowest BCUT2D eigenvalue weighted by atomic mass is 10.1. The van der Waals surface area contributed by atoms with Crippen molar-refractivity contribution in [1.29, 1.82) is 0 Å². The van der Waals surface area contributed by atoms with Crippen LogP contribution in [0.1, 0.15) is 9.67 Å². The molecule has 0 saturated carbocycles. The van der Waals surface area contributed by atoms with Crippen LogP contribution in [0.25, 0.3) is 27.4 Å². The van der Waals surface area contributed by atoms with Gasteiger partial charge in [0.25, 0.3) is 0 Å². The van der Waals surface area contributed by atoms with Crippen LogP contribution >= 0.6 is 11.3 Å². The first-order chi connectivity index (χ1) is 12.2. The Morgan fingerprint density at radius 2 is 1.68 bits per heavy atom. The van der Waals surface area contributed by atoms with E-state index in [2.05, 4.69) is 10.3 Å². The molecule has 0 bridgehead atoms. The first-order valence-corrected chi connectivity index (χ1v) is 8.45. The van der Waals surface area contributed by atoms with E-state index in [1.54, 1.807) is 10.9 Å². The lowest BCUT2D eigenvalue weighted by Crippen LogP contribution is -2.01. The molecular formula is C19H13N3O2S. The van der Waals surface area contributed by atoms with Crippen LogP contribution in [0.5, 0.6) is 0 Å². The summed E-state index contributed by atoms with van der Waals surface area (Å²) in [7, 11) is 0. The van der Waals surface area contributed by atoms with Crippen molar-refractivity contribution in [1.82, 2.24) is 15.0 Å². The lowest BCUT2D eigenvalue weighted by Gasteiger charge is -2.05. The molecule has 1 N–H and O–H groups in total. The first-order valence-electron chi connectivity index (χ1n) is 7.63. The van der Waals surface area contributed by atoms with Crippen LogP contribution in [0.4, 0.5) is 0 Å². The SMILES string of the molecule is O=C(O)c1sc(-c2ccccc2)cc1-c1cnnn1-c1ccccc1. The molecule has 0 spiro atoms. The van der Waals surface area contributed by atoms with E-state index in [4.69, 9.17) is 0 Å². The molecule has 0 aliphatic rings. The predicted octanol–water partition coefficient (Wildman–Crippen LogP) is 4.36. The number of hydrogen-bond acceptors (Lipinski definition) is 4. The molecule has 0 aliphatic heterocycles. The summed E-state index contributed by atoms with van der Waals surface area (Å²) in [5.74, 6) is -0.956. The quantitative estimate of drug-likeness (QED) is 0.595. The molecule has 0 unspecified atom stereocenters. The van der Waals surface area contributed by atoms with E-state index in [1.807, 2.05) is 66.7 Å². The Labute approximate surface area is 147 Å². The van der Waals surface area contributed by atoms with Gasteiger partial charge in [-0.05, 0) is 23.8 Å². The minimum Gasteiger partial charge on any atom is -0.477 e. The van der Waals surface area contributed by atoms with Gasteiger partial charge in [-0.3, -0.25) is 0 Å². The van der Waals surface area contributed by atoms with E-state index in [-0.39, 0.29) is 4.88 Å². The summed E-state index contributed by atoms with van der Waals surface area (Å²) in [5, 5.41) is 17.8. The zero-order chi connectivity index (χ0) is 17.2. The van der Waals surface area contributed by atoms with Gasteiger partial charge in [0.15, 0.2) is 0 Å². The number of benzene rings is 2. The molecule has 4 aromatic rings. The minimum absolute atomic E-state index is 0.276. The van der Waals surface area contributed by atoms with Crippen molar-refractivity contribution < 1.29 is 9.90 Å². The number of thiophene rings is 1. The largest absolute Gasteiger partial charge is 0.477 e. The molecule has 2 aromatic heterocycles. The number of aromatic carboxylic acids is 1. The van der Waals surface area contributed by atoms with Crippen LogP contribution in [0.2, 0.25) is 0 Å². The number of hydrogen-bond donors (Lipinski definition) is 1. The molecule has 2 aromatic carbocycles. The molecule has 0 aliphatic carbocycles. The zero-order valence-electron chi connectivity index (χ0n) is 13.0. The van der Waals surface area contributed by atoms with Gasteiger partial charge in [0.05, 0.1) is 17.6 Å². The maximum absolute atomic E-state index is 11.8. The average molecular weight is 347 g/mol. The smallest absolute Gasteiger partial charge is 0.346 e. The van der Waals surface area contributed by atoms with Crippen molar-refractivity contribution >= 4 is 17.3 Å². The van der Waals surface area contributed by atoms with E-state index < -0.39 is 5.97 Å². The summed E-state index contributed by atoms with van der Waals surface area (Å²) in [6, 6.07) is 21.2. The highest BCUT2D eigenvalue weighted by molar-refractivity contribution is 7.17. The number of nitrogens with zero attached hydrogens (tertiary/aromatic N) is 3. The van der Waals surface area contributed by atoms with Crippen LogP contribution in [-0.4, -0.2) is 26.1 Å². The Morgan fingerprint density at radius 1 is 1.00 bits per heavy atom. The number of rotatable bonds is 4. The fourth-order valence-electron chi connectivity index (χ4n) is 2.66. The van der Waals surface area contributed by atoms with Crippen LogP contribution < -0.4 is 0 Å². The summed E-state index contributed by atoms with van der Waals surface area (Å²) in [6.45, 7) is 0. The molecule has 6 heteroatoms. The van der Waals surface area contributed by atoms with Gasteiger partial charge in [-0.15, -0.1) is 16.4 Å². The molecule has 25 heavy (non-hydrogen) atoms. The standard InChI is InChI=1S/C19H13N3O2S/c23-19(24)18-15(11-17(25-18)13-7-3-1-4-8-13)16-12-20-21-22(16)14-9-5-2-6-10-14/h1-12H,(H,23,24). The highest BCUT2D eigenvalue weighted by Crippen LogP contribution is 2.37. The molecule has 122 valence electrons. The van der Waals surface area contributed by atoms with Crippen molar-refractivity contribution in [2.75, 3.05) is 0 Å². The van der Waals surface area contributed by atoms with E-state index in [0.717, 1.165) is 16.1 Å². The molecule has 2 heterocycles. The van der Waals surface area contributed by atoms with Gasteiger partial charge in [0, 0.05) is 10.4 Å². The number of carbonyl (C=O) groups is 1. The second-order valence-corrected chi connectivity index (χ2v) is 6.44. The molecule has 4 rings (SSSR count). The molecule has 0 atom stereocenters. The number of carboxylic acid groups (broad SMARTS) is 1. The number of aromatic nitrogens is 3. The van der Waals surface area contributed by atoms with Gasteiger partial charge in [0.2, 0.25) is 0 Å².